The standard InChI is InChI=1S/C10H13NOS/c12-10(8-5-11-13-6-8)3-1-2-7-4-9(7)10/h5-7,9,12H,1-4H2. The average Bonchev–Trinajstić information content (AvgIpc) is 2.74. The minimum Gasteiger partial charge on any atom is -0.385 e. The van der Waals surface area contributed by atoms with Crippen molar-refractivity contribution >= 4 is 11.5 Å². The molecular weight excluding hydrogens is 182 g/mol. The first-order chi connectivity index (χ1) is 6.31. The SMILES string of the molecule is OC1(c2cnsc2)CCCC2CC21. The number of rotatable bonds is 1. The van der Waals surface area contributed by atoms with E-state index in [4.69, 9.17) is 0 Å². The van der Waals surface area contributed by atoms with Crippen molar-refractivity contribution in [2.24, 2.45) is 11.8 Å². The Morgan fingerprint density at radius 3 is 3.31 bits per heavy atom. The Kier molecular flexibility index (Phi) is 1.56. The van der Waals surface area contributed by atoms with E-state index in [1.54, 1.807) is 0 Å². The van der Waals surface area contributed by atoms with Crippen LogP contribution >= 0.6 is 11.5 Å². The van der Waals surface area contributed by atoms with Gasteiger partial charge in [-0.15, -0.1) is 0 Å². The van der Waals surface area contributed by atoms with Gasteiger partial charge in [0.2, 0.25) is 0 Å². The number of fused-ring (bicyclic) bond motifs is 1. The predicted octanol–water partition coefficient (Wildman–Crippen LogP) is 2.15. The molecule has 2 aliphatic rings. The summed E-state index contributed by atoms with van der Waals surface area (Å²) in [5.41, 5.74) is 0.542. The summed E-state index contributed by atoms with van der Waals surface area (Å²) >= 11 is 1.44. The Labute approximate surface area is 81.8 Å². The number of aliphatic hydroxyl groups is 1. The summed E-state index contributed by atoms with van der Waals surface area (Å²) in [6, 6.07) is 0. The van der Waals surface area contributed by atoms with Gasteiger partial charge >= 0.3 is 0 Å². The lowest BCUT2D eigenvalue weighted by atomic mass is 9.81. The maximum atomic E-state index is 10.5. The Morgan fingerprint density at radius 2 is 2.54 bits per heavy atom. The van der Waals surface area contributed by atoms with Crippen LogP contribution in [0.15, 0.2) is 11.6 Å². The number of aromatic nitrogens is 1. The fourth-order valence-electron chi connectivity index (χ4n) is 2.75. The maximum Gasteiger partial charge on any atom is 0.0950 e. The Balaban J connectivity index is 1.95. The van der Waals surface area contributed by atoms with Crippen LogP contribution in [0.5, 0.6) is 0 Å². The maximum absolute atomic E-state index is 10.5. The molecule has 1 aromatic heterocycles. The third-order valence-electron chi connectivity index (χ3n) is 3.60. The summed E-state index contributed by atoms with van der Waals surface area (Å²) < 4.78 is 4.08. The summed E-state index contributed by atoms with van der Waals surface area (Å²) in [6.07, 6.45) is 6.50. The summed E-state index contributed by atoms with van der Waals surface area (Å²) in [7, 11) is 0. The van der Waals surface area contributed by atoms with E-state index in [-0.39, 0.29) is 0 Å². The van der Waals surface area contributed by atoms with Crippen molar-refractivity contribution in [3.05, 3.63) is 17.1 Å². The van der Waals surface area contributed by atoms with Crippen molar-refractivity contribution in [2.75, 3.05) is 0 Å². The van der Waals surface area contributed by atoms with Crippen LogP contribution in [0.2, 0.25) is 0 Å². The molecule has 0 aromatic carbocycles. The molecule has 2 aliphatic carbocycles. The van der Waals surface area contributed by atoms with Crippen LogP contribution in [0.4, 0.5) is 0 Å². The molecule has 2 saturated carbocycles. The molecule has 3 rings (SSSR count). The largest absolute Gasteiger partial charge is 0.385 e. The molecule has 2 nitrogen and oxygen atoms in total. The van der Waals surface area contributed by atoms with Gasteiger partial charge in [0, 0.05) is 17.1 Å². The van der Waals surface area contributed by atoms with Gasteiger partial charge < -0.3 is 5.11 Å². The smallest absolute Gasteiger partial charge is 0.0950 e. The van der Waals surface area contributed by atoms with Gasteiger partial charge in [0.25, 0.3) is 0 Å². The van der Waals surface area contributed by atoms with E-state index in [1.165, 1.54) is 30.8 Å². The van der Waals surface area contributed by atoms with Gasteiger partial charge in [0.05, 0.1) is 5.60 Å². The van der Waals surface area contributed by atoms with Gasteiger partial charge in [-0.05, 0) is 49.1 Å². The number of hydrogen-bond acceptors (Lipinski definition) is 3. The second-order valence-electron chi connectivity index (χ2n) is 4.33. The quantitative estimate of drug-likeness (QED) is 0.745. The summed E-state index contributed by atoms with van der Waals surface area (Å²) in [5, 5.41) is 12.5. The minimum atomic E-state index is -0.518. The van der Waals surface area contributed by atoms with Gasteiger partial charge in [-0.25, -0.2) is 4.37 Å². The lowest BCUT2D eigenvalue weighted by molar-refractivity contribution is -0.0158. The van der Waals surface area contributed by atoms with E-state index in [9.17, 15) is 5.11 Å². The number of nitrogens with zero attached hydrogens (tertiary/aromatic N) is 1. The molecule has 3 heteroatoms. The third-order valence-corrected chi connectivity index (χ3v) is 4.19. The zero-order valence-electron chi connectivity index (χ0n) is 7.44. The molecule has 0 spiro atoms. The lowest BCUT2D eigenvalue weighted by Crippen LogP contribution is -2.31. The average molecular weight is 195 g/mol. The van der Waals surface area contributed by atoms with E-state index < -0.39 is 5.60 Å². The first-order valence-electron chi connectivity index (χ1n) is 4.93. The summed E-state index contributed by atoms with van der Waals surface area (Å²) in [5.74, 6) is 1.34. The second-order valence-corrected chi connectivity index (χ2v) is 4.99. The van der Waals surface area contributed by atoms with E-state index in [0.29, 0.717) is 5.92 Å². The fourth-order valence-corrected chi connectivity index (χ4v) is 3.36. The van der Waals surface area contributed by atoms with Crippen molar-refractivity contribution in [2.45, 2.75) is 31.3 Å². The van der Waals surface area contributed by atoms with Crippen molar-refractivity contribution in [1.82, 2.24) is 4.37 Å². The van der Waals surface area contributed by atoms with Gasteiger partial charge in [-0.3, -0.25) is 0 Å². The van der Waals surface area contributed by atoms with E-state index >= 15 is 0 Å². The summed E-state index contributed by atoms with van der Waals surface area (Å²) in [6.45, 7) is 0. The molecule has 2 fully saturated rings. The molecule has 0 radical (unpaired) electrons. The van der Waals surface area contributed by atoms with Crippen molar-refractivity contribution in [3.63, 3.8) is 0 Å². The monoisotopic (exact) mass is 195 g/mol. The highest BCUT2D eigenvalue weighted by atomic mass is 32.1. The van der Waals surface area contributed by atoms with E-state index in [0.717, 1.165) is 17.9 Å². The van der Waals surface area contributed by atoms with Crippen LogP contribution in [0.3, 0.4) is 0 Å². The van der Waals surface area contributed by atoms with Crippen LogP contribution in [-0.4, -0.2) is 9.48 Å². The molecular formula is C10H13NOS. The minimum absolute atomic E-state index is 0.518. The normalized spacial score (nSPS) is 42.8. The van der Waals surface area contributed by atoms with Crippen LogP contribution < -0.4 is 0 Å². The topological polar surface area (TPSA) is 33.1 Å². The van der Waals surface area contributed by atoms with Crippen LogP contribution in [-0.2, 0) is 5.60 Å². The lowest BCUT2D eigenvalue weighted by Gasteiger charge is -2.31. The first-order valence-corrected chi connectivity index (χ1v) is 5.76. The number of hydrogen-bond donors (Lipinski definition) is 1. The molecule has 0 amide bonds. The van der Waals surface area contributed by atoms with Gasteiger partial charge in [-0.1, -0.05) is 0 Å². The molecule has 0 bridgehead atoms. The second kappa shape index (κ2) is 2.55. The summed E-state index contributed by atoms with van der Waals surface area (Å²) in [4.78, 5) is 0. The Bertz CT molecular complexity index is 311. The predicted molar refractivity (Wildman–Crippen MR) is 51.5 cm³/mol. The van der Waals surface area contributed by atoms with Crippen molar-refractivity contribution in [1.29, 1.82) is 0 Å². The highest BCUT2D eigenvalue weighted by Crippen LogP contribution is 2.58. The molecule has 13 heavy (non-hydrogen) atoms. The van der Waals surface area contributed by atoms with E-state index in [1.807, 2.05) is 11.6 Å². The molecule has 1 aromatic rings. The van der Waals surface area contributed by atoms with Crippen LogP contribution in [0, 0.1) is 11.8 Å². The Morgan fingerprint density at radius 1 is 1.62 bits per heavy atom. The molecule has 3 atom stereocenters. The van der Waals surface area contributed by atoms with Gasteiger partial charge in [0.1, 0.15) is 0 Å². The highest BCUT2D eigenvalue weighted by molar-refractivity contribution is 7.03. The zero-order valence-corrected chi connectivity index (χ0v) is 8.26. The highest BCUT2D eigenvalue weighted by Gasteiger charge is 2.55. The van der Waals surface area contributed by atoms with Crippen molar-refractivity contribution in [3.8, 4) is 0 Å². The molecule has 70 valence electrons. The molecule has 1 heterocycles. The molecule has 0 saturated heterocycles. The first kappa shape index (κ1) is 7.94. The molecule has 3 unspecified atom stereocenters. The van der Waals surface area contributed by atoms with Crippen LogP contribution in [0.25, 0.3) is 0 Å². The zero-order chi connectivity index (χ0) is 8.89. The van der Waals surface area contributed by atoms with Gasteiger partial charge in [-0.2, -0.15) is 0 Å². The van der Waals surface area contributed by atoms with Crippen LogP contribution in [0.1, 0.15) is 31.2 Å². The molecule has 0 aliphatic heterocycles. The fraction of sp³-hybridized carbons (Fsp3) is 0.700. The molecule has 1 N–H and O–H groups in total. The van der Waals surface area contributed by atoms with Gasteiger partial charge in [0.15, 0.2) is 0 Å². The third kappa shape index (κ3) is 1.07. The van der Waals surface area contributed by atoms with E-state index in [2.05, 4.69) is 4.37 Å². The van der Waals surface area contributed by atoms with Crippen molar-refractivity contribution < 1.29 is 5.11 Å². The Hall–Kier alpha value is -0.410.